The van der Waals surface area contributed by atoms with Gasteiger partial charge in [-0.25, -0.2) is 0 Å². The van der Waals surface area contributed by atoms with Crippen LogP contribution in [0.1, 0.15) is 16.8 Å². The van der Waals surface area contributed by atoms with Gasteiger partial charge in [0.05, 0.1) is 10.7 Å². The van der Waals surface area contributed by atoms with E-state index in [2.05, 4.69) is 5.32 Å². The van der Waals surface area contributed by atoms with Crippen LogP contribution in [-0.4, -0.2) is 12.2 Å². The van der Waals surface area contributed by atoms with Crippen LogP contribution in [0.25, 0.3) is 0 Å². The number of carbonyl (C=O) groups excluding carboxylic acids is 2. The summed E-state index contributed by atoms with van der Waals surface area (Å²) in [6.07, 6.45) is 6.43. The molecule has 0 unspecified atom stereocenters. The van der Waals surface area contributed by atoms with E-state index in [-0.39, 0.29) is 10.9 Å². The highest BCUT2D eigenvalue weighted by molar-refractivity contribution is 6.33. The van der Waals surface area contributed by atoms with E-state index in [1.165, 1.54) is 0 Å². The van der Waals surface area contributed by atoms with E-state index >= 15 is 0 Å². The third-order valence-corrected chi connectivity index (χ3v) is 3.13. The molecule has 1 aromatic carbocycles. The summed E-state index contributed by atoms with van der Waals surface area (Å²) in [7, 11) is 0. The van der Waals surface area contributed by atoms with Crippen molar-refractivity contribution in [2.75, 3.05) is 0 Å². The number of allylic oxidation sites excluding steroid dienone is 5. The first-order valence-electron chi connectivity index (χ1n) is 5.80. The molecule has 1 aromatic rings. The molecule has 0 spiro atoms. The summed E-state index contributed by atoms with van der Waals surface area (Å²) in [5.74, 6) is -0.259. The summed E-state index contributed by atoms with van der Waals surface area (Å²) in [5, 5.41) is 2.99. The highest BCUT2D eigenvalue weighted by Crippen LogP contribution is 2.22. The Morgan fingerprint density at radius 2 is 2.00 bits per heavy atom. The third-order valence-electron chi connectivity index (χ3n) is 2.68. The van der Waals surface area contributed by atoms with E-state index in [0.717, 1.165) is 0 Å². The van der Waals surface area contributed by atoms with Crippen LogP contribution in [0.5, 0.6) is 0 Å². The summed E-state index contributed by atoms with van der Waals surface area (Å²) in [4.78, 5) is 22.9. The second-order valence-electron chi connectivity index (χ2n) is 3.99. The first-order chi connectivity index (χ1) is 9.22. The maximum atomic E-state index is 12.0. The predicted molar refractivity (Wildman–Crippen MR) is 74.7 cm³/mol. The molecule has 0 saturated carbocycles. The first-order valence-corrected chi connectivity index (χ1v) is 6.17. The number of carbonyl (C=O) groups is 2. The van der Waals surface area contributed by atoms with Crippen molar-refractivity contribution in [1.29, 1.82) is 0 Å². The fraction of sp³-hybridized carbons (Fsp3) is 0.0667. The smallest absolute Gasteiger partial charge is 0.255 e. The average molecular weight is 274 g/mol. The molecule has 0 bridgehead atoms. The molecule has 1 N–H and O–H groups in total. The van der Waals surface area contributed by atoms with Crippen molar-refractivity contribution in [1.82, 2.24) is 5.32 Å². The van der Waals surface area contributed by atoms with Crippen LogP contribution in [-0.2, 0) is 4.79 Å². The summed E-state index contributed by atoms with van der Waals surface area (Å²) < 4.78 is 0. The van der Waals surface area contributed by atoms with Gasteiger partial charge in [-0.15, -0.1) is 0 Å². The molecule has 0 heterocycles. The number of rotatable bonds is 3. The second kappa shape index (κ2) is 6.16. The van der Waals surface area contributed by atoms with Gasteiger partial charge in [-0.05, 0) is 24.6 Å². The number of hydrogen-bond acceptors (Lipinski definition) is 2. The molecule has 19 heavy (non-hydrogen) atoms. The van der Waals surface area contributed by atoms with Crippen LogP contribution in [0.15, 0.2) is 64.9 Å². The van der Waals surface area contributed by atoms with E-state index in [0.29, 0.717) is 29.5 Å². The molecule has 96 valence electrons. The van der Waals surface area contributed by atoms with Gasteiger partial charge in [0.2, 0.25) is 0 Å². The zero-order valence-corrected chi connectivity index (χ0v) is 10.9. The van der Waals surface area contributed by atoms with E-state index in [9.17, 15) is 9.59 Å². The van der Waals surface area contributed by atoms with Gasteiger partial charge in [0.15, 0.2) is 0 Å². The molecule has 0 saturated heterocycles. The van der Waals surface area contributed by atoms with Crippen LogP contribution in [0, 0.1) is 0 Å². The zero-order valence-electron chi connectivity index (χ0n) is 10.1. The Bertz CT molecular complexity index is 585. The minimum atomic E-state index is -0.259. The normalized spacial score (nSPS) is 14.7. The van der Waals surface area contributed by atoms with Crippen molar-refractivity contribution in [3.8, 4) is 0 Å². The molecule has 0 aromatic heterocycles. The Labute approximate surface area is 116 Å². The van der Waals surface area contributed by atoms with Crippen molar-refractivity contribution >= 4 is 23.8 Å². The van der Waals surface area contributed by atoms with Crippen molar-refractivity contribution in [3.05, 3.63) is 70.4 Å². The topological polar surface area (TPSA) is 46.2 Å². The van der Waals surface area contributed by atoms with Crippen LogP contribution in [0.2, 0.25) is 0 Å². The molecule has 0 radical (unpaired) electrons. The molecular formula is C15H12ClNO2. The number of amides is 1. The Morgan fingerprint density at radius 3 is 2.68 bits per heavy atom. The van der Waals surface area contributed by atoms with Gasteiger partial charge in [0.25, 0.3) is 5.91 Å². The summed E-state index contributed by atoms with van der Waals surface area (Å²) in [5.41, 5.74) is 1.43. The molecule has 3 nitrogen and oxygen atoms in total. The maximum Gasteiger partial charge on any atom is 0.255 e. The Morgan fingerprint density at radius 1 is 1.26 bits per heavy atom. The van der Waals surface area contributed by atoms with Gasteiger partial charge in [-0.1, -0.05) is 42.0 Å². The van der Waals surface area contributed by atoms with Gasteiger partial charge in [-0.3, -0.25) is 9.59 Å². The lowest BCUT2D eigenvalue weighted by atomic mass is 10.2. The molecule has 0 aliphatic heterocycles. The van der Waals surface area contributed by atoms with Crippen molar-refractivity contribution in [2.45, 2.75) is 6.42 Å². The van der Waals surface area contributed by atoms with E-state index in [4.69, 9.17) is 11.6 Å². The molecule has 1 aliphatic rings. The second-order valence-corrected chi connectivity index (χ2v) is 4.37. The molecule has 1 aliphatic carbocycles. The fourth-order valence-electron chi connectivity index (χ4n) is 1.68. The van der Waals surface area contributed by atoms with Crippen LogP contribution >= 0.6 is 11.6 Å². The molecular weight excluding hydrogens is 262 g/mol. The number of aldehydes is 1. The zero-order chi connectivity index (χ0) is 13.7. The molecule has 2 rings (SSSR count). The molecule has 1 amide bonds. The molecule has 0 fully saturated rings. The fourth-order valence-corrected chi connectivity index (χ4v) is 1.91. The van der Waals surface area contributed by atoms with E-state index in [1.807, 2.05) is 12.1 Å². The summed E-state index contributed by atoms with van der Waals surface area (Å²) in [6, 6.07) is 8.82. The lowest BCUT2D eigenvalue weighted by Crippen LogP contribution is -2.23. The standard InChI is InChI=1S/C15H12ClNO2/c16-14-12(10-18)8-4-5-9-13(14)17-15(19)11-6-2-1-3-7-11/h1-7,9-10H,8H2,(H,17,19). The Balaban J connectivity index is 2.23. The largest absolute Gasteiger partial charge is 0.321 e. The summed E-state index contributed by atoms with van der Waals surface area (Å²) >= 11 is 6.11. The lowest BCUT2D eigenvalue weighted by Gasteiger charge is -2.09. The number of halogens is 1. The van der Waals surface area contributed by atoms with Gasteiger partial charge in [0, 0.05) is 11.1 Å². The van der Waals surface area contributed by atoms with Gasteiger partial charge >= 0.3 is 0 Å². The highest BCUT2D eigenvalue weighted by Gasteiger charge is 2.14. The Hall–Kier alpha value is -2.13. The number of hydrogen-bond donors (Lipinski definition) is 1. The Kier molecular flexibility index (Phi) is 4.31. The van der Waals surface area contributed by atoms with Crippen LogP contribution in [0.4, 0.5) is 0 Å². The number of nitrogens with one attached hydrogen (secondary N) is 1. The highest BCUT2D eigenvalue weighted by atomic mass is 35.5. The van der Waals surface area contributed by atoms with E-state index in [1.54, 1.807) is 36.4 Å². The lowest BCUT2D eigenvalue weighted by molar-refractivity contribution is -0.105. The minimum absolute atomic E-state index is 0.259. The quantitative estimate of drug-likeness (QED) is 0.861. The average Bonchev–Trinajstić information content (AvgIpc) is 2.62. The van der Waals surface area contributed by atoms with Crippen LogP contribution in [0.3, 0.4) is 0 Å². The first kappa shape index (κ1) is 13.3. The van der Waals surface area contributed by atoms with Crippen molar-refractivity contribution in [2.24, 2.45) is 0 Å². The van der Waals surface area contributed by atoms with Gasteiger partial charge in [0.1, 0.15) is 6.29 Å². The molecule has 4 heteroatoms. The van der Waals surface area contributed by atoms with Crippen LogP contribution < -0.4 is 5.32 Å². The monoisotopic (exact) mass is 273 g/mol. The van der Waals surface area contributed by atoms with Crippen molar-refractivity contribution in [3.63, 3.8) is 0 Å². The summed E-state index contributed by atoms with van der Waals surface area (Å²) in [6.45, 7) is 0. The van der Waals surface area contributed by atoms with Crippen molar-refractivity contribution < 1.29 is 9.59 Å². The maximum absolute atomic E-state index is 12.0. The van der Waals surface area contributed by atoms with Gasteiger partial charge < -0.3 is 5.32 Å². The predicted octanol–water partition coefficient (Wildman–Crippen LogP) is 2.95. The van der Waals surface area contributed by atoms with Gasteiger partial charge in [-0.2, -0.15) is 0 Å². The molecule has 0 atom stereocenters. The number of benzene rings is 1. The van der Waals surface area contributed by atoms with E-state index < -0.39 is 0 Å². The SMILES string of the molecule is O=CC1=C(Cl)C(NC(=O)c2ccccc2)=CC=CC1. The third kappa shape index (κ3) is 3.20. The minimum Gasteiger partial charge on any atom is -0.321 e.